The molecule has 9 heteroatoms. The summed E-state index contributed by atoms with van der Waals surface area (Å²) in [5, 5.41) is 28.4. The summed E-state index contributed by atoms with van der Waals surface area (Å²) in [6.45, 7) is 1.72. The quantitative estimate of drug-likeness (QED) is 0.549. The van der Waals surface area contributed by atoms with Crippen LogP contribution in [-0.4, -0.2) is 30.7 Å². The minimum absolute atomic E-state index is 0.250. The maximum Gasteiger partial charge on any atom is 0.368 e. The van der Waals surface area contributed by atoms with E-state index in [0.29, 0.717) is 17.0 Å². The summed E-state index contributed by atoms with van der Waals surface area (Å²) >= 11 is 0. The fraction of sp³-hybridized carbons (Fsp3) is 0.200. The van der Waals surface area contributed by atoms with Crippen molar-refractivity contribution in [1.82, 2.24) is 14.6 Å². The number of hydrogen-bond acceptors (Lipinski definition) is 6. The van der Waals surface area contributed by atoms with Gasteiger partial charge in [-0.05, 0) is 35.6 Å². The van der Waals surface area contributed by atoms with E-state index in [2.05, 4.69) is 15.4 Å². The van der Waals surface area contributed by atoms with Gasteiger partial charge in [0.2, 0.25) is 5.65 Å². The SMILES string of the molecule is CC(Nc1ccc2ncc([N+](=O)[O-])n2n1)C(O)c1ccc(F)cc1. The van der Waals surface area contributed by atoms with Crippen LogP contribution in [0.25, 0.3) is 5.65 Å². The van der Waals surface area contributed by atoms with Crippen molar-refractivity contribution in [2.45, 2.75) is 19.1 Å². The first-order chi connectivity index (χ1) is 11.5. The van der Waals surface area contributed by atoms with E-state index < -0.39 is 17.1 Å². The second-order valence-electron chi connectivity index (χ2n) is 5.29. The van der Waals surface area contributed by atoms with Gasteiger partial charge in [0.15, 0.2) is 5.82 Å². The van der Waals surface area contributed by atoms with E-state index >= 15 is 0 Å². The Morgan fingerprint density at radius 2 is 2.00 bits per heavy atom. The Morgan fingerprint density at radius 1 is 1.29 bits per heavy atom. The van der Waals surface area contributed by atoms with Crippen molar-refractivity contribution in [3.05, 3.63) is 64.1 Å². The smallest absolute Gasteiger partial charge is 0.368 e. The van der Waals surface area contributed by atoms with Crippen LogP contribution in [-0.2, 0) is 0 Å². The molecule has 3 rings (SSSR count). The number of rotatable bonds is 5. The number of fused-ring (bicyclic) bond motifs is 1. The van der Waals surface area contributed by atoms with Gasteiger partial charge in [0.05, 0.1) is 12.1 Å². The van der Waals surface area contributed by atoms with Crippen LogP contribution in [0.1, 0.15) is 18.6 Å². The Bertz CT molecular complexity index is 880. The van der Waals surface area contributed by atoms with Crippen molar-refractivity contribution in [2.24, 2.45) is 0 Å². The van der Waals surface area contributed by atoms with Gasteiger partial charge in [0.1, 0.15) is 12.0 Å². The number of nitrogens with one attached hydrogen (secondary N) is 1. The Balaban J connectivity index is 1.82. The highest BCUT2D eigenvalue weighted by molar-refractivity contribution is 5.48. The minimum atomic E-state index is -0.902. The van der Waals surface area contributed by atoms with Crippen molar-refractivity contribution < 1.29 is 14.4 Å². The van der Waals surface area contributed by atoms with Gasteiger partial charge in [0, 0.05) is 6.07 Å². The molecule has 1 aromatic carbocycles. The molecule has 2 N–H and O–H groups in total. The largest absolute Gasteiger partial charge is 0.386 e. The first-order valence-corrected chi connectivity index (χ1v) is 7.15. The maximum atomic E-state index is 12.9. The highest BCUT2D eigenvalue weighted by Gasteiger charge is 2.20. The van der Waals surface area contributed by atoms with Gasteiger partial charge < -0.3 is 20.5 Å². The molecule has 0 radical (unpaired) electrons. The molecule has 0 saturated carbocycles. The maximum absolute atomic E-state index is 12.9. The Morgan fingerprint density at radius 3 is 2.67 bits per heavy atom. The van der Waals surface area contributed by atoms with Crippen LogP contribution in [0, 0.1) is 15.9 Å². The van der Waals surface area contributed by atoms with E-state index in [4.69, 9.17) is 0 Å². The zero-order chi connectivity index (χ0) is 17.3. The summed E-state index contributed by atoms with van der Waals surface area (Å²) in [5.41, 5.74) is 0.894. The Labute approximate surface area is 135 Å². The number of halogens is 1. The molecule has 8 nitrogen and oxygen atoms in total. The van der Waals surface area contributed by atoms with E-state index in [1.165, 1.54) is 24.3 Å². The number of nitro groups is 1. The van der Waals surface area contributed by atoms with Gasteiger partial charge in [-0.1, -0.05) is 21.7 Å². The lowest BCUT2D eigenvalue weighted by molar-refractivity contribution is -0.391. The summed E-state index contributed by atoms with van der Waals surface area (Å²) in [5.74, 6) is -0.288. The summed E-state index contributed by atoms with van der Waals surface area (Å²) in [7, 11) is 0. The van der Waals surface area contributed by atoms with Crippen molar-refractivity contribution in [3.8, 4) is 0 Å². The lowest BCUT2D eigenvalue weighted by Gasteiger charge is -2.20. The summed E-state index contributed by atoms with van der Waals surface area (Å²) in [6, 6.07) is 8.27. The van der Waals surface area contributed by atoms with Crippen LogP contribution in [0.15, 0.2) is 42.6 Å². The molecule has 3 aromatic rings. The van der Waals surface area contributed by atoms with Gasteiger partial charge in [-0.15, -0.1) is 0 Å². The minimum Gasteiger partial charge on any atom is -0.386 e. The van der Waals surface area contributed by atoms with Crippen LogP contribution in [0.2, 0.25) is 0 Å². The molecule has 0 bridgehead atoms. The molecule has 0 amide bonds. The molecule has 0 fully saturated rings. The monoisotopic (exact) mass is 331 g/mol. The van der Waals surface area contributed by atoms with Gasteiger partial charge in [-0.2, -0.15) is 0 Å². The zero-order valence-electron chi connectivity index (χ0n) is 12.6. The van der Waals surface area contributed by atoms with Crippen molar-refractivity contribution in [3.63, 3.8) is 0 Å². The van der Waals surface area contributed by atoms with E-state index in [1.54, 1.807) is 19.1 Å². The second-order valence-corrected chi connectivity index (χ2v) is 5.29. The first kappa shape index (κ1) is 15.8. The van der Waals surface area contributed by atoms with Gasteiger partial charge in [0.25, 0.3) is 0 Å². The van der Waals surface area contributed by atoms with Crippen LogP contribution in [0.4, 0.5) is 16.0 Å². The van der Waals surface area contributed by atoms with E-state index in [-0.39, 0.29) is 11.6 Å². The van der Waals surface area contributed by atoms with Crippen LogP contribution < -0.4 is 5.32 Å². The Hall–Kier alpha value is -3.07. The van der Waals surface area contributed by atoms with Gasteiger partial charge >= 0.3 is 5.82 Å². The molecule has 2 unspecified atom stereocenters. The number of hydrogen-bond donors (Lipinski definition) is 2. The van der Waals surface area contributed by atoms with Crippen LogP contribution in [0.5, 0.6) is 0 Å². The number of nitrogens with zero attached hydrogens (tertiary/aromatic N) is 4. The van der Waals surface area contributed by atoms with Crippen molar-refractivity contribution in [2.75, 3.05) is 5.32 Å². The second kappa shape index (κ2) is 6.20. The summed E-state index contributed by atoms with van der Waals surface area (Å²) in [4.78, 5) is 14.3. The molecule has 2 atom stereocenters. The fourth-order valence-corrected chi connectivity index (χ4v) is 2.32. The number of anilines is 1. The molecule has 0 aliphatic heterocycles. The normalized spacial score (nSPS) is 13.6. The molecule has 0 aliphatic rings. The third-order valence-electron chi connectivity index (χ3n) is 3.59. The predicted molar refractivity (Wildman–Crippen MR) is 84.1 cm³/mol. The highest BCUT2D eigenvalue weighted by Crippen LogP contribution is 2.21. The number of benzene rings is 1. The average Bonchev–Trinajstić information content (AvgIpc) is 2.98. The zero-order valence-corrected chi connectivity index (χ0v) is 12.6. The molecule has 0 aliphatic carbocycles. The topological polar surface area (TPSA) is 106 Å². The first-order valence-electron chi connectivity index (χ1n) is 7.15. The van der Waals surface area contributed by atoms with Crippen molar-refractivity contribution in [1.29, 1.82) is 0 Å². The number of aliphatic hydroxyl groups excluding tert-OH is 1. The lowest BCUT2D eigenvalue weighted by Crippen LogP contribution is -2.25. The molecule has 124 valence electrons. The third kappa shape index (κ3) is 3.01. The average molecular weight is 331 g/mol. The van der Waals surface area contributed by atoms with Crippen LogP contribution in [0.3, 0.4) is 0 Å². The van der Waals surface area contributed by atoms with Crippen LogP contribution >= 0.6 is 0 Å². The lowest BCUT2D eigenvalue weighted by atomic mass is 10.0. The molecular weight excluding hydrogens is 317 g/mol. The number of aliphatic hydroxyl groups is 1. The van der Waals surface area contributed by atoms with Gasteiger partial charge in [-0.3, -0.25) is 0 Å². The van der Waals surface area contributed by atoms with Gasteiger partial charge in [-0.25, -0.2) is 9.37 Å². The van der Waals surface area contributed by atoms with Crippen molar-refractivity contribution >= 4 is 17.3 Å². The standard InChI is InChI=1S/C15H14FN5O3/c1-9(15(22)10-2-4-11(16)5-3-10)18-12-6-7-13-17-8-14(21(23)24)20(13)19-12/h2-9,15,22H,1H3,(H,18,19). The van der Waals surface area contributed by atoms with E-state index in [1.807, 2.05) is 0 Å². The molecular formula is C15H14FN5O3. The third-order valence-corrected chi connectivity index (χ3v) is 3.59. The summed E-state index contributed by atoms with van der Waals surface area (Å²) < 4.78 is 14.1. The summed E-state index contributed by atoms with van der Waals surface area (Å²) in [6.07, 6.45) is 0.226. The fourth-order valence-electron chi connectivity index (χ4n) is 2.32. The molecule has 2 aromatic heterocycles. The highest BCUT2D eigenvalue weighted by atomic mass is 19.1. The van der Waals surface area contributed by atoms with E-state index in [0.717, 1.165) is 10.7 Å². The number of imidazole rings is 1. The molecule has 24 heavy (non-hydrogen) atoms. The Kier molecular flexibility index (Phi) is 4.09. The number of aromatic nitrogens is 3. The molecule has 2 heterocycles. The molecule has 0 spiro atoms. The molecule has 0 saturated heterocycles. The van der Waals surface area contributed by atoms with E-state index in [9.17, 15) is 19.6 Å². The predicted octanol–water partition coefficient (Wildman–Crippen LogP) is 2.31.